The van der Waals surface area contributed by atoms with Gasteiger partial charge in [0.15, 0.2) is 0 Å². The fourth-order valence-corrected chi connectivity index (χ4v) is 1.99. The second-order valence-corrected chi connectivity index (χ2v) is 5.19. The van der Waals surface area contributed by atoms with Crippen LogP contribution in [0, 0.1) is 0 Å². The van der Waals surface area contributed by atoms with Crippen LogP contribution in [0.1, 0.15) is 33.1 Å². The molecule has 1 N–H and O–H groups in total. The Hall–Kier alpha value is -0.610. The number of nitrogens with zero attached hydrogens (tertiary/aromatic N) is 2. The fourth-order valence-electron chi connectivity index (χ4n) is 1.99. The molecule has 1 fully saturated rings. The summed E-state index contributed by atoms with van der Waals surface area (Å²) >= 11 is 0. The van der Waals surface area contributed by atoms with Gasteiger partial charge in [-0.3, -0.25) is 4.79 Å². The average Bonchev–Trinajstić information content (AvgIpc) is 2.81. The Kier molecular flexibility index (Phi) is 6.52. The molecule has 0 aromatic heterocycles. The van der Waals surface area contributed by atoms with E-state index in [0.717, 1.165) is 32.6 Å². The molecule has 0 saturated carbocycles. The van der Waals surface area contributed by atoms with Crippen molar-refractivity contribution in [2.45, 2.75) is 39.2 Å². The summed E-state index contributed by atoms with van der Waals surface area (Å²) in [5.41, 5.74) is 0. The lowest BCUT2D eigenvalue weighted by Gasteiger charge is -2.21. The number of hydrogen-bond donors (Lipinski definition) is 1. The zero-order chi connectivity index (χ0) is 12.7. The number of amides is 1. The number of hydrogen-bond acceptors (Lipinski definition) is 3. The van der Waals surface area contributed by atoms with Gasteiger partial charge in [0.1, 0.15) is 0 Å². The molecule has 1 saturated heterocycles. The van der Waals surface area contributed by atoms with Crippen molar-refractivity contribution in [3.8, 4) is 0 Å². The maximum Gasteiger partial charge on any atom is 0.236 e. The van der Waals surface area contributed by atoms with Gasteiger partial charge in [-0.2, -0.15) is 0 Å². The minimum absolute atomic E-state index is 0.264. The summed E-state index contributed by atoms with van der Waals surface area (Å²) < 4.78 is 0. The molecule has 1 rings (SSSR count). The van der Waals surface area contributed by atoms with Gasteiger partial charge in [-0.05, 0) is 53.2 Å². The molecule has 0 aliphatic carbocycles. The van der Waals surface area contributed by atoms with E-state index in [4.69, 9.17) is 0 Å². The van der Waals surface area contributed by atoms with Gasteiger partial charge in [0, 0.05) is 19.1 Å². The quantitative estimate of drug-likeness (QED) is 0.674. The second kappa shape index (κ2) is 7.67. The normalized spacial score (nSPS) is 16.2. The Bertz CT molecular complexity index is 225. The van der Waals surface area contributed by atoms with Crippen LogP contribution < -0.4 is 5.32 Å². The molecule has 0 atom stereocenters. The van der Waals surface area contributed by atoms with Crippen molar-refractivity contribution >= 4 is 5.91 Å². The third kappa shape index (κ3) is 5.50. The molecule has 100 valence electrons. The van der Waals surface area contributed by atoms with Crippen molar-refractivity contribution in [1.82, 2.24) is 15.1 Å². The Morgan fingerprint density at radius 1 is 1.35 bits per heavy atom. The van der Waals surface area contributed by atoms with E-state index in [1.807, 2.05) is 4.90 Å². The first-order valence-corrected chi connectivity index (χ1v) is 6.80. The number of nitrogens with one attached hydrogen (secondary N) is 1. The molecule has 4 heteroatoms. The molecule has 4 nitrogen and oxygen atoms in total. The van der Waals surface area contributed by atoms with Crippen LogP contribution in [0.4, 0.5) is 0 Å². The minimum atomic E-state index is 0.264. The van der Waals surface area contributed by atoms with E-state index in [1.165, 1.54) is 12.8 Å². The molecule has 17 heavy (non-hydrogen) atoms. The summed E-state index contributed by atoms with van der Waals surface area (Å²) in [6, 6.07) is 0.598. The molecule has 0 radical (unpaired) electrons. The summed E-state index contributed by atoms with van der Waals surface area (Å²) in [4.78, 5) is 16.0. The largest absolute Gasteiger partial charge is 0.342 e. The van der Waals surface area contributed by atoms with Crippen molar-refractivity contribution in [2.24, 2.45) is 0 Å². The van der Waals surface area contributed by atoms with E-state index >= 15 is 0 Å². The Labute approximate surface area is 105 Å². The van der Waals surface area contributed by atoms with E-state index in [-0.39, 0.29) is 5.91 Å². The third-order valence-corrected chi connectivity index (χ3v) is 3.48. The van der Waals surface area contributed by atoms with Crippen LogP contribution in [0.15, 0.2) is 0 Å². The maximum atomic E-state index is 11.7. The topological polar surface area (TPSA) is 35.6 Å². The van der Waals surface area contributed by atoms with Crippen molar-refractivity contribution in [3.05, 3.63) is 0 Å². The number of carbonyl (C=O) groups excluding carboxylic acids is 1. The van der Waals surface area contributed by atoms with Crippen LogP contribution in [-0.4, -0.2) is 61.5 Å². The highest BCUT2D eigenvalue weighted by molar-refractivity contribution is 5.78. The van der Waals surface area contributed by atoms with E-state index in [2.05, 4.69) is 31.1 Å². The van der Waals surface area contributed by atoms with Gasteiger partial charge in [0.05, 0.1) is 6.54 Å². The Morgan fingerprint density at radius 2 is 2.00 bits per heavy atom. The van der Waals surface area contributed by atoms with Gasteiger partial charge < -0.3 is 15.1 Å². The Morgan fingerprint density at radius 3 is 2.59 bits per heavy atom. The molecule has 1 heterocycles. The summed E-state index contributed by atoms with van der Waals surface area (Å²) in [7, 11) is 2.14. The minimum Gasteiger partial charge on any atom is -0.342 e. The molecule has 1 aliphatic heterocycles. The molecule has 1 amide bonds. The van der Waals surface area contributed by atoms with E-state index in [0.29, 0.717) is 12.6 Å². The van der Waals surface area contributed by atoms with Crippen LogP contribution >= 0.6 is 0 Å². The van der Waals surface area contributed by atoms with Gasteiger partial charge in [-0.15, -0.1) is 0 Å². The summed E-state index contributed by atoms with van der Waals surface area (Å²) in [6.07, 6.45) is 3.44. The molecular weight excluding hydrogens is 214 g/mol. The third-order valence-electron chi connectivity index (χ3n) is 3.48. The lowest BCUT2D eigenvalue weighted by molar-refractivity contribution is -0.129. The fraction of sp³-hybridized carbons (Fsp3) is 0.923. The zero-order valence-corrected chi connectivity index (χ0v) is 11.5. The molecule has 0 spiro atoms. The molecular formula is C13H27N3O. The lowest BCUT2D eigenvalue weighted by Crippen LogP contribution is -2.37. The second-order valence-electron chi connectivity index (χ2n) is 5.19. The van der Waals surface area contributed by atoms with Crippen LogP contribution in [0.5, 0.6) is 0 Å². The lowest BCUT2D eigenvalue weighted by atomic mass is 10.3. The van der Waals surface area contributed by atoms with Crippen LogP contribution in [0.25, 0.3) is 0 Å². The van der Waals surface area contributed by atoms with E-state index < -0.39 is 0 Å². The van der Waals surface area contributed by atoms with E-state index in [1.54, 1.807) is 0 Å². The Balaban J connectivity index is 1.98. The van der Waals surface area contributed by atoms with Gasteiger partial charge in [-0.25, -0.2) is 0 Å². The standard InChI is InChI=1S/C13H27N3O/c1-12(2)15(3)8-6-7-14-11-13(17)16-9-4-5-10-16/h12,14H,4-11H2,1-3H3. The number of likely N-dealkylation sites (tertiary alicyclic amines) is 1. The van der Waals surface area contributed by atoms with Gasteiger partial charge in [0.2, 0.25) is 5.91 Å². The highest BCUT2D eigenvalue weighted by atomic mass is 16.2. The highest BCUT2D eigenvalue weighted by Gasteiger charge is 2.16. The number of carbonyl (C=O) groups is 1. The van der Waals surface area contributed by atoms with Crippen molar-refractivity contribution in [3.63, 3.8) is 0 Å². The summed E-state index contributed by atoms with van der Waals surface area (Å²) in [6.45, 7) is 8.83. The molecule has 0 unspecified atom stereocenters. The molecule has 0 aromatic carbocycles. The average molecular weight is 241 g/mol. The number of rotatable bonds is 7. The predicted molar refractivity (Wildman–Crippen MR) is 71.1 cm³/mol. The van der Waals surface area contributed by atoms with Gasteiger partial charge in [0.25, 0.3) is 0 Å². The zero-order valence-electron chi connectivity index (χ0n) is 11.5. The smallest absolute Gasteiger partial charge is 0.236 e. The maximum absolute atomic E-state index is 11.7. The van der Waals surface area contributed by atoms with Crippen molar-refractivity contribution in [1.29, 1.82) is 0 Å². The van der Waals surface area contributed by atoms with Crippen LogP contribution in [0.2, 0.25) is 0 Å². The molecule has 0 bridgehead atoms. The molecule has 1 aliphatic rings. The SMILES string of the molecule is CC(C)N(C)CCCNCC(=O)N1CCCC1. The first-order chi connectivity index (χ1) is 8.11. The summed E-state index contributed by atoms with van der Waals surface area (Å²) in [5.74, 6) is 0.264. The highest BCUT2D eigenvalue weighted by Crippen LogP contribution is 2.06. The first-order valence-electron chi connectivity index (χ1n) is 6.80. The van der Waals surface area contributed by atoms with Crippen LogP contribution in [-0.2, 0) is 4.79 Å². The monoisotopic (exact) mass is 241 g/mol. The van der Waals surface area contributed by atoms with Crippen LogP contribution in [0.3, 0.4) is 0 Å². The van der Waals surface area contributed by atoms with Gasteiger partial charge >= 0.3 is 0 Å². The first kappa shape index (κ1) is 14.5. The summed E-state index contributed by atoms with van der Waals surface area (Å²) in [5, 5.41) is 3.24. The van der Waals surface area contributed by atoms with Gasteiger partial charge in [-0.1, -0.05) is 0 Å². The van der Waals surface area contributed by atoms with Crippen molar-refractivity contribution < 1.29 is 4.79 Å². The molecule has 0 aromatic rings. The predicted octanol–water partition coefficient (Wildman–Crippen LogP) is 0.929. The van der Waals surface area contributed by atoms with E-state index in [9.17, 15) is 4.79 Å². The van der Waals surface area contributed by atoms with Crippen molar-refractivity contribution in [2.75, 3.05) is 39.8 Å².